The Kier molecular flexibility index (Phi) is 3.21. The average Bonchev–Trinajstić information content (AvgIpc) is 2.74. The third-order valence-electron chi connectivity index (χ3n) is 3.07. The van der Waals surface area contributed by atoms with Gasteiger partial charge < -0.3 is 4.98 Å². The van der Waals surface area contributed by atoms with Crippen LogP contribution in [-0.2, 0) is 6.42 Å². The van der Waals surface area contributed by atoms with Gasteiger partial charge in [-0.2, -0.15) is 0 Å². The molecule has 0 aliphatic carbocycles. The number of halogens is 2. The minimum Gasteiger partial charge on any atom is -0.342 e. The highest BCUT2D eigenvalue weighted by Gasteiger charge is 2.07. The number of nitrogens with zero attached hydrogens (tertiary/aromatic N) is 1. The number of imidazole rings is 1. The molecule has 2 nitrogen and oxygen atoms in total. The molecule has 2 aromatic carbocycles. The lowest BCUT2D eigenvalue weighted by Crippen LogP contribution is -1.90. The second-order valence-corrected chi connectivity index (χ2v) is 5.44. The number of aromatic nitrogens is 2. The summed E-state index contributed by atoms with van der Waals surface area (Å²) >= 11 is 12.0. The van der Waals surface area contributed by atoms with Crippen molar-refractivity contribution in [3.05, 3.63) is 63.4 Å². The van der Waals surface area contributed by atoms with Gasteiger partial charge in [0.05, 0.1) is 21.1 Å². The van der Waals surface area contributed by atoms with E-state index in [0.717, 1.165) is 23.3 Å². The molecule has 0 unspecified atom stereocenters. The number of H-pyrrole nitrogens is 1. The van der Waals surface area contributed by atoms with Crippen LogP contribution < -0.4 is 0 Å². The molecule has 0 atom stereocenters. The largest absolute Gasteiger partial charge is 0.342 e. The van der Waals surface area contributed by atoms with Crippen molar-refractivity contribution < 1.29 is 0 Å². The minimum atomic E-state index is 0.530. The molecule has 0 spiro atoms. The molecule has 0 saturated carbocycles. The maximum absolute atomic E-state index is 5.99. The summed E-state index contributed by atoms with van der Waals surface area (Å²) in [5.74, 6) is 0.914. The average molecular weight is 291 g/mol. The van der Waals surface area contributed by atoms with Crippen molar-refractivity contribution in [3.63, 3.8) is 0 Å². The lowest BCUT2D eigenvalue weighted by atomic mass is 10.1. The molecule has 0 aliphatic rings. The summed E-state index contributed by atoms with van der Waals surface area (Å²) in [6.07, 6.45) is 0.768. The van der Waals surface area contributed by atoms with Crippen LogP contribution >= 0.6 is 23.2 Å². The summed E-state index contributed by atoms with van der Waals surface area (Å²) in [5, 5.41) is 1.07. The van der Waals surface area contributed by atoms with Gasteiger partial charge in [0.1, 0.15) is 5.82 Å². The fourth-order valence-electron chi connectivity index (χ4n) is 2.04. The zero-order valence-corrected chi connectivity index (χ0v) is 11.9. The van der Waals surface area contributed by atoms with Crippen LogP contribution in [0.1, 0.15) is 17.0 Å². The summed E-state index contributed by atoms with van der Waals surface area (Å²) in [5.41, 5.74) is 4.24. The first-order chi connectivity index (χ1) is 9.11. The molecule has 0 bridgehead atoms. The first-order valence-corrected chi connectivity index (χ1v) is 6.76. The third-order valence-corrected chi connectivity index (χ3v) is 3.79. The molecule has 4 heteroatoms. The van der Waals surface area contributed by atoms with Gasteiger partial charge in [0.2, 0.25) is 0 Å². The van der Waals surface area contributed by atoms with Gasteiger partial charge in [-0.1, -0.05) is 53.0 Å². The molecule has 19 heavy (non-hydrogen) atoms. The number of hydrogen-bond acceptors (Lipinski definition) is 1. The minimum absolute atomic E-state index is 0.530. The van der Waals surface area contributed by atoms with E-state index >= 15 is 0 Å². The molecule has 0 fully saturated rings. The summed E-state index contributed by atoms with van der Waals surface area (Å²) in [7, 11) is 0. The topological polar surface area (TPSA) is 28.7 Å². The fourth-order valence-corrected chi connectivity index (χ4v) is 2.36. The third kappa shape index (κ3) is 2.60. The molecule has 0 saturated heterocycles. The van der Waals surface area contributed by atoms with Gasteiger partial charge >= 0.3 is 0 Å². The van der Waals surface area contributed by atoms with E-state index in [1.165, 1.54) is 11.1 Å². The molecule has 96 valence electrons. The number of hydrogen-bond donors (Lipinski definition) is 1. The molecule has 0 aliphatic heterocycles. The first kappa shape index (κ1) is 12.5. The first-order valence-electron chi connectivity index (χ1n) is 6.01. The highest BCUT2D eigenvalue weighted by molar-refractivity contribution is 6.42. The summed E-state index contributed by atoms with van der Waals surface area (Å²) in [4.78, 5) is 7.81. The molecule has 3 rings (SSSR count). The van der Waals surface area contributed by atoms with Crippen molar-refractivity contribution in [3.8, 4) is 0 Å². The number of aromatic amines is 1. The smallest absolute Gasteiger partial charge is 0.111 e. The maximum atomic E-state index is 5.99. The van der Waals surface area contributed by atoms with Crippen LogP contribution in [-0.4, -0.2) is 9.97 Å². The van der Waals surface area contributed by atoms with Crippen LogP contribution in [0.2, 0.25) is 10.0 Å². The van der Waals surface area contributed by atoms with Crippen molar-refractivity contribution >= 4 is 34.2 Å². The Morgan fingerprint density at radius 1 is 1.05 bits per heavy atom. The monoisotopic (exact) mass is 290 g/mol. The highest BCUT2D eigenvalue weighted by Crippen LogP contribution is 2.26. The van der Waals surface area contributed by atoms with Gasteiger partial charge in [-0.3, -0.25) is 0 Å². The van der Waals surface area contributed by atoms with E-state index < -0.39 is 0 Å². The van der Waals surface area contributed by atoms with Crippen molar-refractivity contribution in [2.75, 3.05) is 0 Å². The Labute approximate surface area is 121 Å². The van der Waals surface area contributed by atoms with Crippen LogP contribution in [0.5, 0.6) is 0 Å². The quantitative estimate of drug-likeness (QED) is 0.724. The van der Waals surface area contributed by atoms with E-state index in [-0.39, 0.29) is 0 Å². The van der Waals surface area contributed by atoms with Crippen molar-refractivity contribution in [2.45, 2.75) is 13.3 Å². The van der Waals surface area contributed by atoms with E-state index in [4.69, 9.17) is 23.2 Å². The van der Waals surface area contributed by atoms with Gasteiger partial charge in [0, 0.05) is 6.42 Å². The van der Waals surface area contributed by atoms with Crippen LogP contribution in [0, 0.1) is 6.92 Å². The van der Waals surface area contributed by atoms with E-state index in [1.807, 2.05) is 6.07 Å². The molecule has 1 aromatic heterocycles. The van der Waals surface area contributed by atoms with Gasteiger partial charge in [-0.25, -0.2) is 4.98 Å². The van der Waals surface area contributed by atoms with Gasteiger partial charge in [0.25, 0.3) is 0 Å². The standard InChI is InChI=1S/C15H12Cl2N2/c1-9-2-4-10(5-3-9)6-15-18-13-7-11(16)12(17)8-14(13)19-15/h2-5,7-8H,6H2,1H3,(H,18,19). The van der Waals surface area contributed by atoms with Crippen molar-refractivity contribution in [2.24, 2.45) is 0 Å². The molecular formula is C15H12Cl2N2. The summed E-state index contributed by atoms with van der Waals surface area (Å²) in [6.45, 7) is 2.08. The Bertz CT molecular complexity index is 691. The summed E-state index contributed by atoms with van der Waals surface area (Å²) in [6, 6.07) is 12.0. The van der Waals surface area contributed by atoms with E-state index in [1.54, 1.807) is 6.07 Å². The Morgan fingerprint density at radius 2 is 1.74 bits per heavy atom. The Morgan fingerprint density at radius 3 is 2.47 bits per heavy atom. The van der Waals surface area contributed by atoms with Crippen LogP contribution in [0.25, 0.3) is 11.0 Å². The lowest BCUT2D eigenvalue weighted by molar-refractivity contribution is 1.04. The number of nitrogens with one attached hydrogen (secondary N) is 1. The normalized spacial score (nSPS) is 11.1. The Balaban J connectivity index is 1.95. The van der Waals surface area contributed by atoms with Gasteiger partial charge in [-0.15, -0.1) is 0 Å². The molecular weight excluding hydrogens is 279 g/mol. The van der Waals surface area contributed by atoms with E-state index in [9.17, 15) is 0 Å². The fraction of sp³-hybridized carbons (Fsp3) is 0.133. The van der Waals surface area contributed by atoms with E-state index in [2.05, 4.69) is 41.2 Å². The zero-order valence-electron chi connectivity index (χ0n) is 10.4. The zero-order chi connectivity index (χ0) is 13.4. The molecule has 0 radical (unpaired) electrons. The highest BCUT2D eigenvalue weighted by atomic mass is 35.5. The van der Waals surface area contributed by atoms with Gasteiger partial charge in [-0.05, 0) is 24.6 Å². The van der Waals surface area contributed by atoms with Crippen LogP contribution in [0.4, 0.5) is 0 Å². The number of fused-ring (bicyclic) bond motifs is 1. The predicted molar refractivity (Wildman–Crippen MR) is 80.1 cm³/mol. The SMILES string of the molecule is Cc1ccc(Cc2nc3cc(Cl)c(Cl)cc3[nH]2)cc1. The molecule has 0 amide bonds. The molecule has 1 heterocycles. The van der Waals surface area contributed by atoms with E-state index in [0.29, 0.717) is 10.0 Å². The number of rotatable bonds is 2. The maximum Gasteiger partial charge on any atom is 0.111 e. The number of aryl methyl sites for hydroxylation is 1. The second kappa shape index (κ2) is 4.87. The van der Waals surface area contributed by atoms with Crippen molar-refractivity contribution in [1.82, 2.24) is 9.97 Å². The van der Waals surface area contributed by atoms with Gasteiger partial charge in [0.15, 0.2) is 0 Å². The predicted octanol–water partition coefficient (Wildman–Crippen LogP) is 4.77. The second-order valence-electron chi connectivity index (χ2n) is 4.63. The van der Waals surface area contributed by atoms with Crippen LogP contribution in [0.3, 0.4) is 0 Å². The lowest BCUT2D eigenvalue weighted by Gasteiger charge is -1.98. The van der Waals surface area contributed by atoms with Crippen molar-refractivity contribution in [1.29, 1.82) is 0 Å². The molecule has 3 aromatic rings. The number of benzene rings is 2. The molecule has 1 N–H and O–H groups in total. The summed E-state index contributed by atoms with van der Waals surface area (Å²) < 4.78 is 0. The Hall–Kier alpha value is -1.51. The van der Waals surface area contributed by atoms with Crippen LogP contribution in [0.15, 0.2) is 36.4 Å².